The van der Waals surface area contributed by atoms with Crippen LogP contribution in [-0.2, 0) is 6.42 Å². The van der Waals surface area contributed by atoms with Gasteiger partial charge < -0.3 is 5.73 Å². The molecule has 1 aromatic carbocycles. The lowest BCUT2D eigenvalue weighted by Crippen LogP contribution is -2.51. The molecule has 1 saturated heterocycles. The van der Waals surface area contributed by atoms with Crippen LogP contribution < -0.4 is 5.73 Å². The van der Waals surface area contributed by atoms with Crippen LogP contribution in [0.4, 0.5) is 0 Å². The molecular formula is C18H24N2. The third kappa shape index (κ3) is 2.80. The quantitative estimate of drug-likeness (QED) is 0.911. The van der Waals surface area contributed by atoms with Crippen LogP contribution >= 0.6 is 0 Å². The second-order valence-electron chi connectivity index (χ2n) is 6.06. The van der Waals surface area contributed by atoms with Gasteiger partial charge in [-0.2, -0.15) is 0 Å². The average Bonchev–Trinajstić information content (AvgIpc) is 2.52. The van der Waals surface area contributed by atoms with E-state index in [0.717, 1.165) is 18.5 Å². The van der Waals surface area contributed by atoms with Gasteiger partial charge in [0.2, 0.25) is 0 Å². The zero-order valence-electron chi connectivity index (χ0n) is 12.1. The monoisotopic (exact) mass is 268 g/mol. The fraction of sp³-hybridized carbons (Fsp3) is 0.444. The Hall–Kier alpha value is -1.54. The van der Waals surface area contributed by atoms with Gasteiger partial charge in [0.1, 0.15) is 0 Å². The van der Waals surface area contributed by atoms with E-state index in [2.05, 4.69) is 53.5 Å². The van der Waals surface area contributed by atoms with Gasteiger partial charge in [0.05, 0.1) is 0 Å². The summed E-state index contributed by atoms with van der Waals surface area (Å²) in [5.74, 6) is 0. The lowest BCUT2D eigenvalue weighted by Gasteiger charge is -2.45. The molecule has 2 nitrogen and oxygen atoms in total. The molecule has 0 radical (unpaired) electrons. The van der Waals surface area contributed by atoms with Crippen molar-refractivity contribution in [3.8, 4) is 0 Å². The maximum Gasteiger partial charge on any atom is 0.0470 e. The Balaban J connectivity index is 1.86. The number of hydrogen-bond acceptors (Lipinski definition) is 2. The van der Waals surface area contributed by atoms with Gasteiger partial charge in [-0.15, -0.1) is 0 Å². The van der Waals surface area contributed by atoms with Gasteiger partial charge in [0.15, 0.2) is 0 Å². The average molecular weight is 268 g/mol. The smallest absolute Gasteiger partial charge is 0.0470 e. The minimum absolute atomic E-state index is 0.130. The number of piperidine rings is 1. The van der Waals surface area contributed by atoms with Gasteiger partial charge in [-0.05, 0) is 50.4 Å². The largest absolute Gasteiger partial charge is 0.399 e. The summed E-state index contributed by atoms with van der Waals surface area (Å²) in [6.07, 6.45) is 12.8. The maximum absolute atomic E-state index is 5.93. The zero-order chi connectivity index (χ0) is 13.8. The highest BCUT2D eigenvalue weighted by Crippen LogP contribution is 2.32. The van der Waals surface area contributed by atoms with E-state index < -0.39 is 0 Å². The lowest BCUT2D eigenvalue weighted by molar-refractivity contribution is 0.104. The first-order valence-electron chi connectivity index (χ1n) is 7.72. The summed E-state index contributed by atoms with van der Waals surface area (Å²) in [6.45, 7) is 2.43. The number of nitrogens with zero attached hydrogens (tertiary/aromatic N) is 1. The van der Waals surface area contributed by atoms with Gasteiger partial charge in [-0.3, -0.25) is 4.90 Å². The summed E-state index contributed by atoms with van der Waals surface area (Å²) >= 11 is 0. The fourth-order valence-corrected chi connectivity index (χ4v) is 3.45. The third-order valence-corrected chi connectivity index (χ3v) is 4.62. The molecule has 3 rings (SSSR count). The molecule has 2 aliphatic rings. The van der Waals surface area contributed by atoms with Gasteiger partial charge in [0.25, 0.3) is 0 Å². The van der Waals surface area contributed by atoms with E-state index >= 15 is 0 Å². The predicted octanol–water partition coefficient (Wildman–Crippen LogP) is 3.26. The van der Waals surface area contributed by atoms with E-state index in [-0.39, 0.29) is 5.54 Å². The van der Waals surface area contributed by atoms with Crippen LogP contribution in [0.1, 0.15) is 31.2 Å². The number of nitrogens with two attached hydrogens (primary N) is 1. The Morgan fingerprint density at radius 1 is 1.05 bits per heavy atom. The maximum atomic E-state index is 5.93. The lowest BCUT2D eigenvalue weighted by atomic mass is 9.81. The molecule has 2 heteroatoms. The zero-order valence-corrected chi connectivity index (χ0v) is 12.1. The number of hydrogen-bond donors (Lipinski definition) is 1. The second-order valence-corrected chi connectivity index (χ2v) is 6.06. The van der Waals surface area contributed by atoms with Crippen LogP contribution in [0, 0.1) is 0 Å². The summed E-state index contributed by atoms with van der Waals surface area (Å²) in [5.41, 5.74) is 8.39. The molecule has 0 bridgehead atoms. The van der Waals surface area contributed by atoms with Gasteiger partial charge in [0, 0.05) is 11.2 Å². The van der Waals surface area contributed by atoms with Gasteiger partial charge >= 0.3 is 0 Å². The topological polar surface area (TPSA) is 29.3 Å². The molecule has 1 unspecified atom stereocenters. The third-order valence-electron chi connectivity index (χ3n) is 4.62. The summed E-state index contributed by atoms with van der Waals surface area (Å²) in [4.78, 5) is 2.67. The minimum atomic E-state index is 0.130. The molecule has 0 saturated carbocycles. The summed E-state index contributed by atoms with van der Waals surface area (Å²) in [5, 5.41) is 0. The first-order chi connectivity index (χ1) is 9.78. The number of likely N-dealkylation sites (tertiary alicyclic amines) is 1. The Morgan fingerprint density at radius 3 is 2.45 bits per heavy atom. The first-order valence-corrected chi connectivity index (χ1v) is 7.72. The van der Waals surface area contributed by atoms with Gasteiger partial charge in [-0.25, -0.2) is 0 Å². The Kier molecular flexibility index (Phi) is 3.93. The van der Waals surface area contributed by atoms with Crippen LogP contribution in [0.5, 0.6) is 0 Å². The summed E-state index contributed by atoms with van der Waals surface area (Å²) in [6, 6.07) is 10.8. The standard InChI is InChI=1S/C18H24N2/c19-17-9-11-18(12-10-17,20-13-5-2-6-14-20)15-16-7-3-1-4-8-16/h1,3-4,7-11H,2,5-6,12-15,19H2. The van der Waals surface area contributed by atoms with Crippen molar-refractivity contribution >= 4 is 0 Å². The van der Waals surface area contributed by atoms with E-state index in [0.29, 0.717) is 0 Å². The molecule has 1 atom stereocenters. The Labute approximate surface area is 122 Å². The van der Waals surface area contributed by atoms with E-state index in [1.807, 2.05) is 0 Å². The molecule has 1 aliphatic heterocycles. The van der Waals surface area contributed by atoms with Crippen molar-refractivity contribution in [2.45, 2.75) is 37.6 Å². The number of benzene rings is 1. The highest BCUT2D eigenvalue weighted by Gasteiger charge is 2.35. The van der Waals surface area contributed by atoms with Crippen LogP contribution in [0.3, 0.4) is 0 Å². The summed E-state index contributed by atoms with van der Waals surface area (Å²) < 4.78 is 0. The minimum Gasteiger partial charge on any atom is -0.399 e. The molecule has 1 heterocycles. The molecule has 20 heavy (non-hydrogen) atoms. The van der Waals surface area contributed by atoms with Gasteiger partial charge in [-0.1, -0.05) is 48.9 Å². The van der Waals surface area contributed by atoms with Crippen LogP contribution in [-0.4, -0.2) is 23.5 Å². The SMILES string of the molecule is NC1=CCC(Cc2ccccc2)(N2CCCCC2)C=C1. The molecule has 0 spiro atoms. The molecule has 1 aliphatic carbocycles. The second kappa shape index (κ2) is 5.84. The summed E-state index contributed by atoms with van der Waals surface area (Å²) in [7, 11) is 0. The Bertz CT molecular complexity index is 497. The van der Waals surface area contributed by atoms with Crippen LogP contribution in [0.25, 0.3) is 0 Å². The van der Waals surface area contributed by atoms with Crippen molar-refractivity contribution in [1.29, 1.82) is 0 Å². The molecule has 2 N–H and O–H groups in total. The molecule has 1 fully saturated rings. The van der Waals surface area contributed by atoms with Crippen molar-refractivity contribution < 1.29 is 0 Å². The highest BCUT2D eigenvalue weighted by atomic mass is 15.2. The van der Waals surface area contributed by atoms with Crippen molar-refractivity contribution in [2.24, 2.45) is 5.73 Å². The predicted molar refractivity (Wildman–Crippen MR) is 84.3 cm³/mol. The number of rotatable bonds is 3. The molecule has 0 amide bonds. The van der Waals surface area contributed by atoms with Crippen LogP contribution in [0.2, 0.25) is 0 Å². The van der Waals surface area contributed by atoms with E-state index in [4.69, 9.17) is 5.73 Å². The fourth-order valence-electron chi connectivity index (χ4n) is 3.45. The van der Waals surface area contributed by atoms with Crippen molar-refractivity contribution in [3.05, 3.63) is 59.8 Å². The first kappa shape index (κ1) is 13.4. The molecule has 0 aromatic heterocycles. The van der Waals surface area contributed by atoms with E-state index in [1.165, 1.54) is 37.9 Å². The van der Waals surface area contributed by atoms with Crippen molar-refractivity contribution in [2.75, 3.05) is 13.1 Å². The number of allylic oxidation sites excluding steroid dienone is 1. The molecule has 106 valence electrons. The van der Waals surface area contributed by atoms with Crippen LogP contribution in [0.15, 0.2) is 54.3 Å². The highest BCUT2D eigenvalue weighted by molar-refractivity contribution is 5.31. The normalized spacial score (nSPS) is 27.3. The molecule has 1 aromatic rings. The van der Waals surface area contributed by atoms with E-state index in [1.54, 1.807) is 0 Å². The van der Waals surface area contributed by atoms with Crippen molar-refractivity contribution in [1.82, 2.24) is 4.90 Å². The van der Waals surface area contributed by atoms with Crippen molar-refractivity contribution in [3.63, 3.8) is 0 Å². The Morgan fingerprint density at radius 2 is 1.80 bits per heavy atom. The van der Waals surface area contributed by atoms with E-state index in [9.17, 15) is 0 Å². The molecular weight excluding hydrogens is 244 g/mol.